The molecule has 1 heterocycles. The van der Waals surface area contributed by atoms with Gasteiger partial charge in [0, 0.05) is 24.7 Å². The van der Waals surface area contributed by atoms with E-state index in [1.54, 1.807) is 48.4 Å². The average Bonchev–Trinajstić information content (AvgIpc) is 2.72. The molecule has 1 fully saturated rings. The standard InChI is InChI=1S/C21H21NO5/c1-26-19-14-15(3-9-20(23)22-10-12-27-13-11-22)2-8-18(19)16-4-6-17(7-5-16)21(24)25/h2-9,14H,10-13H2,1H3,(H,24,25)/b9-3+. The third kappa shape index (κ3) is 4.54. The Morgan fingerprint density at radius 3 is 2.44 bits per heavy atom. The minimum Gasteiger partial charge on any atom is -0.496 e. The molecule has 0 unspecified atom stereocenters. The highest BCUT2D eigenvalue weighted by Gasteiger charge is 2.14. The van der Waals surface area contributed by atoms with Crippen LogP contribution in [0.4, 0.5) is 0 Å². The van der Waals surface area contributed by atoms with Crippen LogP contribution >= 0.6 is 0 Å². The third-order valence-electron chi connectivity index (χ3n) is 4.41. The molecular weight excluding hydrogens is 346 g/mol. The van der Waals surface area contributed by atoms with Gasteiger partial charge in [-0.3, -0.25) is 4.79 Å². The van der Waals surface area contributed by atoms with Crippen molar-refractivity contribution >= 4 is 18.0 Å². The first-order valence-electron chi connectivity index (χ1n) is 8.65. The number of hydrogen-bond acceptors (Lipinski definition) is 4. The van der Waals surface area contributed by atoms with Gasteiger partial charge in [-0.15, -0.1) is 0 Å². The van der Waals surface area contributed by atoms with Crippen LogP contribution in [-0.4, -0.2) is 55.3 Å². The number of carbonyl (C=O) groups is 2. The van der Waals surface area contributed by atoms with Crippen molar-refractivity contribution in [3.8, 4) is 16.9 Å². The summed E-state index contributed by atoms with van der Waals surface area (Å²) in [5.74, 6) is -0.344. The van der Waals surface area contributed by atoms with Crippen molar-refractivity contribution in [3.05, 3.63) is 59.7 Å². The van der Waals surface area contributed by atoms with Crippen LogP contribution in [0, 0.1) is 0 Å². The summed E-state index contributed by atoms with van der Waals surface area (Å²) in [5, 5.41) is 9.01. The molecule has 140 valence electrons. The van der Waals surface area contributed by atoms with E-state index in [1.807, 2.05) is 18.2 Å². The van der Waals surface area contributed by atoms with Crippen molar-refractivity contribution in [2.75, 3.05) is 33.4 Å². The van der Waals surface area contributed by atoms with Crippen LogP contribution in [0.15, 0.2) is 48.5 Å². The molecular formula is C21H21NO5. The smallest absolute Gasteiger partial charge is 0.335 e. The van der Waals surface area contributed by atoms with Crippen LogP contribution in [0.5, 0.6) is 5.75 Å². The lowest BCUT2D eigenvalue weighted by atomic mass is 10.0. The molecule has 6 heteroatoms. The summed E-state index contributed by atoms with van der Waals surface area (Å²) in [5.41, 5.74) is 2.79. The molecule has 1 aliphatic heterocycles. The first-order chi connectivity index (χ1) is 13.1. The zero-order valence-electron chi connectivity index (χ0n) is 15.1. The van der Waals surface area contributed by atoms with Crippen molar-refractivity contribution < 1.29 is 24.2 Å². The Morgan fingerprint density at radius 1 is 1.11 bits per heavy atom. The second-order valence-electron chi connectivity index (χ2n) is 6.11. The van der Waals surface area contributed by atoms with Crippen LogP contribution in [-0.2, 0) is 9.53 Å². The number of methoxy groups -OCH3 is 1. The zero-order chi connectivity index (χ0) is 19.2. The Balaban J connectivity index is 1.78. The average molecular weight is 367 g/mol. The summed E-state index contributed by atoms with van der Waals surface area (Å²) in [6, 6.07) is 12.3. The second kappa shape index (κ2) is 8.51. The van der Waals surface area contributed by atoms with Crippen LogP contribution in [0.3, 0.4) is 0 Å². The van der Waals surface area contributed by atoms with Gasteiger partial charge in [-0.05, 0) is 35.4 Å². The number of carboxylic acid groups (broad SMARTS) is 1. The van der Waals surface area contributed by atoms with E-state index >= 15 is 0 Å². The molecule has 0 aromatic heterocycles. The lowest BCUT2D eigenvalue weighted by molar-refractivity contribution is -0.129. The van der Waals surface area contributed by atoms with E-state index in [2.05, 4.69) is 0 Å². The van der Waals surface area contributed by atoms with Crippen molar-refractivity contribution in [1.82, 2.24) is 4.90 Å². The topological polar surface area (TPSA) is 76.1 Å². The van der Waals surface area contributed by atoms with Gasteiger partial charge in [0.25, 0.3) is 0 Å². The molecule has 2 aromatic rings. The van der Waals surface area contributed by atoms with E-state index in [-0.39, 0.29) is 11.5 Å². The first kappa shape index (κ1) is 18.7. The number of ether oxygens (including phenoxy) is 2. The summed E-state index contributed by atoms with van der Waals surface area (Å²) in [6.45, 7) is 2.36. The highest BCUT2D eigenvalue weighted by atomic mass is 16.5. The number of aromatic carboxylic acids is 1. The van der Waals surface area contributed by atoms with Gasteiger partial charge >= 0.3 is 5.97 Å². The normalized spacial score (nSPS) is 14.3. The molecule has 0 bridgehead atoms. The molecule has 0 radical (unpaired) electrons. The lowest BCUT2D eigenvalue weighted by Crippen LogP contribution is -2.39. The molecule has 2 aromatic carbocycles. The molecule has 0 saturated carbocycles. The largest absolute Gasteiger partial charge is 0.496 e. The first-order valence-corrected chi connectivity index (χ1v) is 8.65. The molecule has 6 nitrogen and oxygen atoms in total. The number of amides is 1. The number of hydrogen-bond donors (Lipinski definition) is 1. The van der Waals surface area contributed by atoms with E-state index in [0.717, 1.165) is 16.7 Å². The zero-order valence-corrected chi connectivity index (χ0v) is 15.1. The fourth-order valence-electron chi connectivity index (χ4n) is 2.90. The predicted molar refractivity (Wildman–Crippen MR) is 102 cm³/mol. The number of benzene rings is 2. The SMILES string of the molecule is COc1cc(/C=C/C(=O)N2CCOCC2)ccc1-c1ccc(C(=O)O)cc1. The number of morpholine rings is 1. The van der Waals surface area contributed by atoms with Gasteiger partial charge in [0.15, 0.2) is 0 Å². The quantitative estimate of drug-likeness (QED) is 0.823. The Bertz CT molecular complexity index is 851. The van der Waals surface area contributed by atoms with Crippen molar-refractivity contribution in [2.24, 2.45) is 0 Å². The Kier molecular flexibility index (Phi) is 5.88. The minimum atomic E-state index is -0.959. The Labute approximate surface area is 157 Å². The molecule has 3 rings (SSSR count). The molecule has 0 aliphatic carbocycles. The maximum atomic E-state index is 12.2. The van der Waals surface area contributed by atoms with Crippen molar-refractivity contribution in [2.45, 2.75) is 0 Å². The summed E-state index contributed by atoms with van der Waals surface area (Å²) in [7, 11) is 1.58. The molecule has 0 atom stereocenters. The highest BCUT2D eigenvalue weighted by molar-refractivity contribution is 5.92. The monoisotopic (exact) mass is 367 g/mol. The maximum absolute atomic E-state index is 12.2. The number of carboxylic acids is 1. The van der Waals surface area contributed by atoms with Crippen molar-refractivity contribution in [3.63, 3.8) is 0 Å². The highest BCUT2D eigenvalue weighted by Crippen LogP contribution is 2.31. The van der Waals surface area contributed by atoms with E-state index in [0.29, 0.717) is 32.1 Å². The Morgan fingerprint density at radius 2 is 1.81 bits per heavy atom. The molecule has 1 amide bonds. The minimum absolute atomic E-state index is 0.0365. The Hall–Kier alpha value is -3.12. The van der Waals surface area contributed by atoms with Crippen molar-refractivity contribution in [1.29, 1.82) is 0 Å². The molecule has 1 N–H and O–H groups in total. The molecule has 27 heavy (non-hydrogen) atoms. The van der Waals surface area contributed by atoms with Crippen LogP contribution < -0.4 is 4.74 Å². The second-order valence-corrected chi connectivity index (χ2v) is 6.11. The van der Waals surface area contributed by atoms with E-state index < -0.39 is 5.97 Å². The third-order valence-corrected chi connectivity index (χ3v) is 4.41. The molecule has 1 aliphatic rings. The summed E-state index contributed by atoms with van der Waals surface area (Å²) >= 11 is 0. The van der Waals surface area contributed by atoms with Gasteiger partial charge in [0.05, 0.1) is 25.9 Å². The van der Waals surface area contributed by atoms with Gasteiger partial charge in [0.2, 0.25) is 5.91 Å². The number of carbonyl (C=O) groups excluding carboxylic acids is 1. The van der Waals surface area contributed by atoms with E-state index in [4.69, 9.17) is 14.6 Å². The van der Waals surface area contributed by atoms with Gasteiger partial charge in [-0.2, -0.15) is 0 Å². The summed E-state index contributed by atoms with van der Waals surface area (Å²) in [4.78, 5) is 25.0. The van der Waals surface area contributed by atoms with Crippen LogP contribution in [0.2, 0.25) is 0 Å². The van der Waals surface area contributed by atoms with Gasteiger partial charge in [0.1, 0.15) is 5.75 Å². The predicted octanol–water partition coefficient (Wildman–Crippen LogP) is 2.93. The maximum Gasteiger partial charge on any atom is 0.335 e. The van der Waals surface area contributed by atoms with E-state index in [9.17, 15) is 9.59 Å². The van der Waals surface area contributed by atoms with Gasteiger partial charge < -0.3 is 19.5 Å². The van der Waals surface area contributed by atoms with Gasteiger partial charge in [-0.1, -0.05) is 24.3 Å². The fourth-order valence-corrected chi connectivity index (χ4v) is 2.90. The lowest BCUT2D eigenvalue weighted by Gasteiger charge is -2.25. The summed E-state index contributed by atoms with van der Waals surface area (Å²) in [6.07, 6.45) is 3.32. The van der Waals surface area contributed by atoms with E-state index in [1.165, 1.54) is 0 Å². The van der Waals surface area contributed by atoms with Gasteiger partial charge in [-0.25, -0.2) is 4.79 Å². The number of rotatable bonds is 5. The fraction of sp³-hybridized carbons (Fsp3) is 0.238. The molecule has 0 spiro atoms. The van der Waals surface area contributed by atoms with Crippen LogP contribution in [0.1, 0.15) is 15.9 Å². The number of nitrogens with zero attached hydrogens (tertiary/aromatic N) is 1. The summed E-state index contributed by atoms with van der Waals surface area (Å²) < 4.78 is 10.7. The van der Waals surface area contributed by atoms with Crippen LogP contribution in [0.25, 0.3) is 17.2 Å². The molecule has 1 saturated heterocycles.